The zero-order chi connectivity index (χ0) is 23.0. The Kier molecular flexibility index (Phi) is 9.62. The third kappa shape index (κ3) is 7.93. The summed E-state index contributed by atoms with van der Waals surface area (Å²) < 4.78 is 31.4. The third-order valence-electron chi connectivity index (χ3n) is 3.71. The Morgan fingerprint density at radius 1 is 0.867 bits per heavy atom. The van der Waals surface area contributed by atoms with Crippen LogP contribution in [0, 0.1) is 0 Å². The van der Waals surface area contributed by atoms with Crippen molar-refractivity contribution in [2.45, 2.75) is 64.4 Å². The Hall–Kier alpha value is -2.77. The predicted octanol–water partition coefficient (Wildman–Crippen LogP) is -1.50. The lowest BCUT2D eigenvalue weighted by atomic mass is 9.98. The smallest absolute Gasteiger partial charge is 0.322 e. The van der Waals surface area contributed by atoms with Gasteiger partial charge in [0.05, 0.1) is 6.61 Å². The zero-order valence-electron chi connectivity index (χ0n) is 16.9. The number of carbonyl (C=O) groups excluding carboxylic acids is 4. The molecule has 0 aromatic rings. The van der Waals surface area contributed by atoms with Crippen molar-refractivity contribution in [1.29, 1.82) is 0 Å². The summed E-state index contributed by atoms with van der Waals surface area (Å²) in [5.74, 6) is -4.42. The molecule has 0 bridgehead atoms. The Morgan fingerprint density at radius 3 is 1.83 bits per heavy atom. The fourth-order valence-electron chi connectivity index (χ4n) is 2.59. The molecular weight excluding hydrogens is 410 g/mol. The van der Waals surface area contributed by atoms with E-state index in [0.717, 1.165) is 27.7 Å². The molecule has 1 aliphatic rings. The van der Waals surface area contributed by atoms with Crippen LogP contribution in [0.1, 0.15) is 27.7 Å². The van der Waals surface area contributed by atoms with Gasteiger partial charge in [-0.05, 0) is 0 Å². The molecule has 1 rings (SSSR count). The van der Waals surface area contributed by atoms with Gasteiger partial charge in [0.25, 0.3) is 0 Å². The van der Waals surface area contributed by atoms with Crippen LogP contribution in [0.3, 0.4) is 0 Å². The van der Waals surface area contributed by atoms with Crippen LogP contribution in [0.4, 0.5) is 0 Å². The Bertz CT molecular complexity index is 665. The third-order valence-corrected chi connectivity index (χ3v) is 3.71. The quantitative estimate of drug-likeness (QED) is 0.315. The van der Waals surface area contributed by atoms with Gasteiger partial charge in [-0.15, -0.1) is 0 Å². The first kappa shape index (κ1) is 25.3. The molecule has 1 saturated heterocycles. The highest BCUT2D eigenvalue weighted by Gasteiger charge is 2.52. The SMILES string of the molecule is CC(=O)OC[C@H]1O[C@@H](OCC(N)C(=O)O)[C@H](OC(C)=O)[C@@H](OC(C)=O)[C@H]1OC(C)=O. The Morgan fingerprint density at radius 2 is 1.37 bits per heavy atom. The normalized spacial score (nSPS) is 26.8. The van der Waals surface area contributed by atoms with Crippen molar-refractivity contribution in [3.05, 3.63) is 0 Å². The van der Waals surface area contributed by atoms with Crippen LogP contribution in [-0.4, -0.2) is 84.9 Å². The molecule has 1 heterocycles. The standard InChI is InChI=1S/C17H25NO12/c1-7(19)25-6-12-13(27-8(2)20)14(28-9(3)21)15(29-10(4)22)17(30-12)26-5-11(18)16(23)24/h11-15,17H,5-6,18H2,1-4H3,(H,23,24)/t11?,12-,13+,14+,15-,17-/m1/s1. The number of nitrogens with two attached hydrogens (primary N) is 1. The molecule has 0 amide bonds. The van der Waals surface area contributed by atoms with Gasteiger partial charge in [-0.3, -0.25) is 24.0 Å². The number of hydrogen-bond acceptors (Lipinski definition) is 12. The van der Waals surface area contributed by atoms with E-state index in [1.807, 2.05) is 0 Å². The summed E-state index contributed by atoms with van der Waals surface area (Å²) in [6.07, 6.45) is -6.85. The number of esters is 4. The summed E-state index contributed by atoms with van der Waals surface area (Å²) in [6.45, 7) is 3.38. The first-order valence-corrected chi connectivity index (χ1v) is 8.82. The zero-order valence-corrected chi connectivity index (χ0v) is 16.9. The van der Waals surface area contributed by atoms with Crippen LogP contribution in [-0.2, 0) is 52.4 Å². The number of ether oxygens (including phenoxy) is 6. The number of hydrogen-bond donors (Lipinski definition) is 2. The molecule has 1 aliphatic heterocycles. The predicted molar refractivity (Wildman–Crippen MR) is 93.5 cm³/mol. The van der Waals surface area contributed by atoms with Gasteiger partial charge in [-0.25, -0.2) is 0 Å². The Labute approximate surface area is 171 Å². The second-order valence-corrected chi connectivity index (χ2v) is 6.35. The van der Waals surface area contributed by atoms with Gasteiger partial charge in [0.1, 0.15) is 18.8 Å². The Balaban J connectivity index is 3.27. The lowest BCUT2D eigenvalue weighted by Gasteiger charge is -2.44. The van der Waals surface area contributed by atoms with Crippen molar-refractivity contribution in [2.24, 2.45) is 5.73 Å². The largest absolute Gasteiger partial charge is 0.480 e. The first-order valence-electron chi connectivity index (χ1n) is 8.82. The van der Waals surface area contributed by atoms with Crippen molar-refractivity contribution in [1.82, 2.24) is 0 Å². The topological polar surface area (TPSA) is 187 Å². The van der Waals surface area contributed by atoms with E-state index in [9.17, 15) is 24.0 Å². The maximum Gasteiger partial charge on any atom is 0.322 e. The summed E-state index contributed by atoms with van der Waals surface area (Å²) in [5, 5.41) is 8.92. The average Bonchev–Trinajstić information content (AvgIpc) is 2.60. The lowest BCUT2D eigenvalue weighted by molar-refractivity contribution is -0.308. The molecule has 6 atom stereocenters. The molecule has 0 aromatic carbocycles. The van der Waals surface area contributed by atoms with E-state index in [1.54, 1.807) is 0 Å². The van der Waals surface area contributed by atoms with E-state index in [4.69, 9.17) is 39.3 Å². The van der Waals surface area contributed by atoms with Crippen molar-refractivity contribution >= 4 is 29.8 Å². The monoisotopic (exact) mass is 435 g/mol. The minimum Gasteiger partial charge on any atom is -0.480 e. The molecule has 13 heteroatoms. The van der Waals surface area contributed by atoms with Gasteiger partial charge in [-0.2, -0.15) is 0 Å². The highest BCUT2D eigenvalue weighted by atomic mass is 16.7. The van der Waals surface area contributed by atoms with E-state index in [-0.39, 0.29) is 0 Å². The number of rotatable bonds is 9. The number of carbonyl (C=O) groups is 5. The lowest BCUT2D eigenvalue weighted by Crippen LogP contribution is -2.63. The summed E-state index contributed by atoms with van der Waals surface area (Å²) in [5.41, 5.74) is 5.41. The van der Waals surface area contributed by atoms with Gasteiger partial charge in [0.2, 0.25) is 0 Å². The first-order chi connectivity index (χ1) is 13.9. The molecule has 30 heavy (non-hydrogen) atoms. The molecule has 0 aromatic heterocycles. The summed E-state index contributed by atoms with van der Waals surface area (Å²) in [4.78, 5) is 57.0. The maximum absolute atomic E-state index is 11.6. The van der Waals surface area contributed by atoms with Crippen molar-refractivity contribution in [3.63, 3.8) is 0 Å². The molecule has 1 fully saturated rings. The second kappa shape index (κ2) is 11.4. The number of carboxylic acids is 1. The van der Waals surface area contributed by atoms with Crippen LogP contribution < -0.4 is 5.73 Å². The van der Waals surface area contributed by atoms with Gasteiger partial charge >= 0.3 is 29.8 Å². The van der Waals surface area contributed by atoms with Crippen LogP contribution in [0.5, 0.6) is 0 Å². The van der Waals surface area contributed by atoms with Gasteiger partial charge in [0.15, 0.2) is 24.6 Å². The van der Waals surface area contributed by atoms with E-state index in [2.05, 4.69) is 0 Å². The summed E-state index contributed by atoms with van der Waals surface area (Å²) >= 11 is 0. The number of carboxylic acid groups (broad SMARTS) is 1. The van der Waals surface area contributed by atoms with Gasteiger partial charge < -0.3 is 39.3 Å². The highest BCUT2D eigenvalue weighted by molar-refractivity contribution is 5.73. The molecule has 0 saturated carbocycles. The fourth-order valence-corrected chi connectivity index (χ4v) is 2.59. The van der Waals surface area contributed by atoms with Crippen molar-refractivity contribution < 1.29 is 57.5 Å². The summed E-state index contributed by atoms with van der Waals surface area (Å²) in [6, 6.07) is -1.43. The minimum absolute atomic E-state index is 0.428. The average molecular weight is 435 g/mol. The van der Waals surface area contributed by atoms with Crippen LogP contribution in [0.25, 0.3) is 0 Å². The van der Waals surface area contributed by atoms with E-state index >= 15 is 0 Å². The molecule has 1 unspecified atom stereocenters. The summed E-state index contributed by atoms with van der Waals surface area (Å²) in [7, 11) is 0. The number of aliphatic carboxylic acids is 1. The van der Waals surface area contributed by atoms with Crippen LogP contribution in [0.2, 0.25) is 0 Å². The molecule has 0 aliphatic carbocycles. The van der Waals surface area contributed by atoms with E-state index < -0.39 is 79.8 Å². The molecule has 13 nitrogen and oxygen atoms in total. The highest BCUT2D eigenvalue weighted by Crippen LogP contribution is 2.30. The fraction of sp³-hybridized carbons (Fsp3) is 0.706. The minimum atomic E-state index is -1.48. The van der Waals surface area contributed by atoms with E-state index in [0.29, 0.717) is 0 Å². The molecule has 0 spiro atoms. The molecule has 0 radical (unpaired) electrons. The molecular formula is C17H25NO12. The molecule has 170 valence electrons. The maximum atomic E-state index is 11.6. The van der Waals surface area contributed by atoms with Gasteiger partial charge in [-0.1, -0.05) is 0 Å². The molecule has 3 N–H and O–H groups in total. The van der Waals surface area contributed by atoms with Crippen LogP contribution >= 0.6 is 0 Å². The van der Waals surface area contributed by atoms with Crippen LogP contribution in [0.15, 0.2) is 0 Å². The van der Waals surface area contributed by atoms with Gasteiger partial charge in [0, 0.05) is 27.7 Å². The second-order valence-electron chi connectivity index (χ2n) is 6.35. The van der Waals surface area contributed by atoms with Crippen molar-refractivity contribution in [2.75, 3.05) is 13.2 Å². The van der Waals surface area contributed by atoms with Crippen molar-refractivity contribution in [3.8, 4) is 0 Å². The van der Waals surface area contributed by atoms with E-state index in [1.165, 1.54) is 0 Å².